The van der Waals surface area contributed by atoms with E-state index in [2.05, 4.69) is 38.1 Å². The molecular weight excluding hydrogens is 482 g/mol. The molecule has 1 amide bonds. The van der Waals surface area contributed by atoms with Gasteiger partial charge in [0.1, 0.15) is 6.10 Å². The summed E-state index contributed by atoms with van der Waals surface area (Å²) < 4.78 is 5.51. The van der Waals surface area contributed by atoms with Crippen LogP contribution in [0.5, 0.6) is 0 Å². The van der Waals surface area contributed by atoms with Crippen molar-refractivity contribution in [2.75, 3.05) is 6.61 Å². The highest BCUT2D eigenvalue weighted by Gasteiger charge is 2.50. The number of hydrogen-bond acceptors (Lipinski definition) is 5. The van der Waals surface area contributed by atoms with Gasteiger partial charge in [0, 0.05) is 6.42 Å². The first-order valence-corrected chi connectivity index (χ1v) is 14.5. The lowest BCUT2D eigenvalue weighted by Gasteiger charge is -2.44. The second kappa shape index (κ2) is 13.3. The SMILES string of the molecule is C=C1CC[C@H](OC(=O)NOCCC(=O)O)C/C1=C/C=C1\CCC[C@@]2(C)C1CC[C@@H]2[C@@H](C)CCCC(C)(C)O. The van der Waals surface area contributed by atoms with Gasteiger partial charge in [0.15, 0.2) is 0 Å². The summed E-state index contributed by atoms with van der Waals surface area (Å²) >= 11 is 0. The number of carbonyl (C=O) groups is 2. The molecule has 0 saturated heterocycles. The first-order valence-electron chi connectivity index (χ1n) is 14.5. The third kappa shape index (κ3) is 8.44. The number of allylic oxidation sites excluding steroid dienone is 4. The van der Waals surface area contributed by atoms with Gasteiger partial charge >= 0.3 is 12.1 Å². The van der Waals surface area contributed by atoms with E-state index < -0.39 is 17.7 Å². The van der Waals surface area contributed by atoms with Crippen LogP contribution in [-0.4, -0.2) is 40.6 Å². The van der Waals surface area contributed by atoms with Crippen LogP contribution in [-0.2, 0) is 14.4 Å². The number of nitrogens with one attached hydrogen (secondary N) is 1. The summed E-state index contributed by atoms with van der Waals surface area (Å²) in [5.74, 6) is 1.02. The summed E-state index contributed by atoms with van der Waals surface area (Å²) in [4.78, 5) is 27.5. The van der Waals surface area contributed by atoms with Gasteiger partial charge in [-0.2, -0.15) is 5.48 Å². The van der Waals surface area contributed by atoms with Crippen molar-refractivity contribution in [1.82, 2.24) is 5.48 Å². The normalized spacial score (nSPS) is 30.8. The van der Waals surface area contributed by atoms with Gasteiger partial charge < -0.3 is 14.9 Å². The van der Waals surface area contributed by atoms with Gasteiger partial charge in [-0.1, -0.05) is 56.6 Å². The Balaban J connectivity index is 1.59. The largest absolute Gasteiger partial charge is 0.481 e. The molecule has 0 spiro atoms. The first-order chi connectivity index (χ1) is 17.9. The molecule has 0 aliphatic heterocycles. The van der Waals surface area contributed by atoms with Crippen molar-refractivity contribution in [3.63, 3.8) is 0 Å². The Morgan fingerprint density at radius 1 is 1.24 bits per heavy atom. The number of amides is 1. The molecule has 3 N–H and O–H groups in total. The molecule has 0 aromatic carbocycles. The van der Waals surface area contributed by atoms with Crippen molar-refractivity contribution in [2.45, 2.75) is 116 Å². The summed E-state index contributed by atoms with van der Waals surface area (Å²) in [6.07, 6.45) is 14.8. The van der Waals surface area contributed by atoms with Crippen LogP contribution in [0.25, 0.3) is 0 Å². The third-order valence-electron chi connectivity index (χ3n) is 9.19. The highest BCUT2D eigenvalue weighted by molar-refractivity contribution is 5.67. The van der Waals surface area contributed by atoms with Gasteiger partial charge in [-0.15, -0.1) is 0 Å². The van der Waals surface area contributed by atoms with E-state index in [1.54, 1.807) is 5.57 Å². The Hall–Kier alpha value is -2.12. The number of carboxylic acid groups (broad SMARTS) is 1. The number of rotatable bonds is 11. The average molecular weight is 532 g/mol. The molecule has 7 nitrogen and oxygen atoms in total. The molecule has 38 heavy (non-hydrogen) atoms. The van der Waals surface area contributed by atoms with Gasteiger partial charge in [0.25, 0.3) is 0 Å². The number of hydrogen-bond donors (Lipinski definition) is 3. The average Bonchev–Trinajstić information content (AvgIpc) is 3.19. The van der Waals surface area contributed by atoms with Crippen molar-refractivity contribution >= 4 is 12.1 Å². The monoisotopic (exact) mass is 531 g/mol. The van der Waals surface area contributed by atoms with Crippen molar-refractivity contribution < 1.29 is 29.4 Å². The van der Waals surface area contributed by atoms with Crippen LogP contribution in [0.4, 0.5) is 4.79 Å². The lowest BCUT2D eigenvalue weighted by molar-refractivity contribution is -0.138. The molecule has 3 fully saturated rings. The lowest BCUT2D eigenvalue weighted by Crippen LogP contribution is -2.36. The van der Waals surface area contributed by atoms with Crippen LogP contribution in [0.2, 0.25) is 0 Å². The van der Waals surface area contributed by atoms with Crippen LogP contribution in [0.3, 0.4) is 0 Å². The molecule has 0 bridgehead atoms. The van der Waals surface area contributed by atoms with Gasteiger partial charge in [-0.25, -0.2) is 4.79 Å². The Labute approximate surface area is 228 Å². The number of carbonyl (C=O) groups excluding carboxylic acids is 1. The van der Waals surface area contributed by atoms with Crippen LogP contribution >= 0.6 is 0 Å². The Morgan fingerprint density at radius 3 is 2.71 bits per heavy atom. The fourth-order valence-corrected chi connectivity index (χ4v) is 7.18. The van der Waals surface area contributed by atoms with E-state index in [0.29, 0.717) is 30.1 Å². The molecule has 3 saturated carbocycles. The molecule has 3 aliphatic rings. The van der Waals surface area contributed by atoms with E-state index in [1.165, 1.54) is 32.1 Å². The second-order valence-electron chi connectivity index (χ2n) is 12.7. The summed E-state index contributed by atoms with van der Waals surface area (Å²) in [7, 11) is 0. The summed E-state index contributed by atoms with van der Waals surface area (Å²) in [5, 5.41) is 18.7. The fourth-order valence-electron chi connectivity index (χ4n) is 7.18. The zero-order valence-electron chi connectivity index (χ0n) is 23.9. The predicted molar refractivity (Wildman–Crippen MR) is 148 cm³/mol. The molecule has 0 radical (unpaired) electrons. The highest BCUT2D eigenvalue weighted by atomic mass is 16.7. The fraction of sp³-hybridized carbons (Fsp3) is 0.742. The number of hydroxylamine groups is 1. The minimum Gasteiger partial charge on any atom is -0.481 e. The standard InChI is InChI=1S/C31H49NO6/c1-21-10-13-25(38-29(35)32-37-19-16-28(33)34)20-24(21)12-11-23-9-7-18-31(5)26(14-15-27(23)31)22(2)8-6-17-30(3,4)36/h11-12,22,25-27,36H,1,6-10,13-20H2,2-5H3,(H,32,35)(H,33,34)/b23-11+,24-12-/t22-,25-,26+,27?,31+/m0/s1. The van der Waals surface area contributed by atoms with Gasteiger partial charge in [-0.3, -0.25) is 9.63 Å². The predicted octanol–water partition coefficient (Wildman–Crippen LogP) is 6.87. The zero-order chi connectivity index (χ0) is 27.9. The van der Waals surface area contributed by atoms with Crippen molar-refractivity contribution in [2.24, 2.45) is 23.2 Å². The number of ether oxygens (including phenoxy) is 1. The van der Waals surface area contributed by atoms with E-state index in [4.69, 9.17) is 14.7 Å². The maximum Gasteiger partial charge on any atom is 0.431 e. The Kier molecular flexibility index (Phi) is 10.6. The zero-order valence-corrected chi connectivity index (χ0v) is 23.9. The molecular formula is C31H49NO6. The van der Waals surface area contributed by atoms with E-state index >= 15 is 0 Å². The summed E-state index contributed by atoms with van der Waals surface area (Å²) in [6.45, 7) is 12.9. The molecule has 214 valence electrons. The number of aliphatic carboxylic acids is 1. The van der Waals surface area contributed by atoms with Gasteiger partial charge in [-0.05, 0) is 94.0 Å². The summed E-state index contributed by atoms with van der Waals surface area (Å²) in [6, 6.07) is 0. The molecule has 0 aromatic rings. The molecule has 1 unspecified atom stereocenters. The van der Waals surface area contributed by atoms with Crippen LogP contribution in [0.15, 0.2) is 35.5 Å². The molecule has 0 heterocycles. The highest BCUT2D eigenvalue weighted by Crippen LogP contribution is 2.60. The van der Waals surface area contributed by atoms with Crippen molar-refractivity contribution in [3.05, 3.63) is 35.5 Å². The molecule has 3 rings (SSSR count). The molecule has 0 aromatic heterocycles. The second-order valence-corrected chi connectivity index (χ2v) is 12.7. The Bertz CT molecular complexity index is 916. The molecule has 7 heteroatoms. The smallest absolute Gasteiger partial charge is 0.431 e. The molecule has 3 aliphatic carbocycles. The van der Waals surface area contributed by atoms with Gasteiger partial charge in [0.2, 0.25) is 0 Å². The lowest BCUT2D eigenvalue weighted by atomic mass is 9.60. The van der Waals surface area contributed by atoms with Crippen molar-refractivity contribution in [1.29, 1.82) is 0 Å². The topological polar surface area (TPSA) is 105 Å². The maximum atomic E-state index is 12.0. The molecule has 5 atom stereocenters. The summed E-state index contributed by atoms with van der Waals surface area (Å²) in [5.41, 5.74) is 5.71. The maximum absolute atomic E-state index is 12.0. The van der Waals surface area contributed by atoms with E-state index in [9.17, 15) is 14.7 Å². The van der Waals surface area contributed by atoms with E-state index in [1.807, 2.05) is 13.8 Å². The van der Waals surface area contributed by atoms with Crippen LogP contribution < -0.4 is 5.48 Å². The van der Waals surface area contributed by atoms with Crippen molar-refractivity contribution in [3.8, 4) is 0 Å². The van der Waals surface area contributed by atoms with Crippen LogP contribution in [0.1, 0.15) is 105 Å². The van der Waals surface area contributed by atoms with Gasteiger partial charge in [0.05, 0.1) is 18.6 Å². The first kappa shape index (κ1) is 30.4. The number of carboxylic acids is 1. The number of fused-ring (bicyclic) bond motifs is 1. The number of aliphatic hydroxyl groups is 1. The van der Waals surface area contributed by atoms with Crippen LogP contribution in [0, 0.1) is 23.2 Å². The third-order valence-corrected chi connectivity index (χ3v) is 9.19. The minimum atomic E-state index is -0.988. The Morgan fingerprint density at radius 2 is 2.00 bits per heavy atom. The quantitative estimate of drug-likeness (QED) is 0.198. The van der Waals surface area contributed by atoms with E-state index in [0.717, 1.165) is 42.7 Å². The minimum absolute atomic E-state index is 0.106. The van der Waals surface area contributed by atoms with E-state index in [-0.39, 0.29) is 19.1 Å².